The molecular weight excluding hydrogens is 246 g/mol. The van der Waals surface area contributed by atoms with Crippen molar-refractivity contribution in [1.82, 2.24) is 4.90 Å². The van der Waals surface area contributed by atoms with E-state index in [-0.39, 0.29) is 0 Å². The van der Waals surface area contributed by atoms with E-state index < -0.39 is 0 Å². The highest BCUT2D eigenvalue weighted by atomic mass is 33.1. The zero-order valence-corrected chi connectivity index (χ0v) is 13.5. The Labute approximate surface area is 116 Å². The Morgan fingerprint density at radius 2 is 1.76 bits per heavy atom. The zero-order chi connectivity index (χ0) is 12.6. The lowest BCUT2D eigenvalue weighted by Gasteiger charge is -2.34. The molecule has 0 saturated carbocycles. The van der Waals surface area contributed by atoms with Crippen molar-refractivity contribution in [1.29, 1.82) is 0 Å². The molecule has 1 nitrogen and oxygen atoms in total. The highest BCUT2D eigenvalue weighted by Gasteiger charge is 2.23. The maximum atomic E-state index is 2.66. The molecule has 0 spiro atoms. The fraction of sp³-hybridized carbons (Fsp3) is 1.00. The number of rotatable bonds is 8. The maximum Gasteiger partial charge on any atom is 0.0334 e. The lowest BCUT2D eigenvalue weighted by atomic mass is 10.1. The van der Waals surface area contributed by atoms with Crippen LogP contribution in [-0.4, -0.2) is 35.0 Å². The Morgan fingerprint density at radius 1 is 1.06 bits per heavy atom. The molecule has 0 N–H and O–H groups in total. The number of nitrogens with zero attached hydrogens (tertiary/aromatic N) is 1. The largest absolute Gasteiger partial charge is 0.302 e. The first-order chi connectivity index (χ1) is 8.14. The quantitative estimate of drug-likeness (QED) is 0.462. The maximum absolute atomic E-state index is 2.66. The molecule has 1 rings (SSSR count). The van der Waals surface area contributed by atoms with Crippen LogP contribution in [0.3, 0.4) is 0 Å². The number of hydrogen-bond acceptors (Lipinski definition) is 3. The Kier molecular flexibility index (Phi) is 8.05. The molecule has 1 aliphatic heterocycles. The van der Waals surface area contributed by atoms with E-state index in [0.717, 1.165) is 0 Å². The molecule has 0 radical (unpaired) electrons. The van der Waals surface area contributed by atoms with Crippen molar-refractivity contribution >= 4 is 21.6 Å². The van der Waals surface area contributed by atoms with Gasteiger partial charge in [0, 0.05) is 17.0 Å². The second-order valence-corrected chi connectivity index (χ2v) is 8.83. The van der Waals surface area contributed by atoms with Crippen LogP contribution in [0.4, 0.5) is 0 Å². The monoisotopic (exact) mass is 275 g/mol. The predicted molar refractivity (Wildman–Crippen MR) is 83.9 cm³/mol. The van der Waals surface area contributed by atoms with Gasteiger partial charge in [-0.3, -0.25) is 0 Å². The zero-order valence-electron chi connectivity index (χ0n) is 11.8. The van der Waals surface area contributed by atoms with E-state index in [2.05, 4.69) is 47.3 Å². The molecule has 0 amide bonds. The van der Waals surface area contributed by atoms with Gasteiger partial charge < -0.3 is 4.90 Å². The molecule has 1 heterocycles. The molecule has 0 aromatic heterocycles. The van der Waals surface area contributed by atoms with Gasteiger partial charge in [0.05, 0.1) is 0 Å². The van der Waals surface area contributed by atoms with Crippen molar-refractivity contribution < 1.29 is 0 Å². The van der Waals surface area contributed by atoms with Gasteiger partial charge in [-0.15, -0.1) is 0 Å². The van der Waals surface area contributed by atoms with Crippen LogP contribution in [0.15, 0.2) is 0 Å². The second kappa shape index (κ2) is 8.71. The summed E-state index contributed by atoms with van der Waals surface area (Å²) in [6.07, 6.45) is 8.36. The topological polar surface area (TPSA) is 3.24 Å². The molecule has 1 aliphatic rings. The first-order valence-electron chi connectivity index (χ1n) is 7.17. The summed E-state index contributed by atoms with van der Waals surface area (Å²) in [5.41, 5.74) is 0. The Morgan fingerprint density at radius 3 is 2.41 bits per heavy atom. The normalized spacial score (nSPS) is 18.5. The molecule has 1 fully saturated rings. The highest BCUT2D eigenvalue weighted by molar-refractivity contribution is 8.77. The fourth-order valence-electron chi connectivity index (χ4n) is 2.29. The average molecular weight is 276 g/mol. The summed E-state index contributed by atoms with van der Waals surface area (Å²) in [4.78, 5) is 2.66. The summed E-state index contributed by atoms with van der Waals surface area (Å²) < 4.78 is 0.411. The van der Waals surface area contributed by atoms with Gasteiger partial charge in [-0.25, -0.2) is 0 Å². The van der Waals surface area contributed by atoms with Gasteiger partial charge in [0.15, 0.2) is 0 Å². The van der Waals surface area contributed by atoms with Gasteiger partial charge in [-0.1, -0.05) is 47.8 Å². The first kappa shape index (κ1) is 15.7. The van der Waals surface area contributed by atoms with Crippen LogP contribution in [0.5, 0.6) is 0 Å². The minimum Gasteiger partial charge on any atom is -0.302 e. The van der Waals surface area contributed by atoms with E-state index in [1.54, 1.807) is 0 Å². The SMILES string of the molecule is CCCCCSSC(C)(C)CN1CCCCC1. The Bertz CT molecular complexity index is 189. The number of unbranched alkanes of at least 4 members (excludes halogenated alkanes) is 2. The summed E-state index contributed by atoms with van der Waals surface area (Å²) in [5.74, 6) is 1.32. The molecule has 0 aromatic carbocycles. The molecule has 0 unspecified atom stereocenters. The average Bonchev–Trinajstić information content (AvgIpc) is 2.29. The van der Waals surface area contributed by atoms with Gasteiger partial charge in [0.1, 0.15) is 0 Å². The van der Waals surface area contributed by atoms with Crippen molar-refractivity contribution in [2.24, 2.45) is 0 Å². The highest BCUT2D eigenvalue weighted by Crippen LogP contribution is 2.37. The third kappa shape index (κ3) is 7.63. The van der Waals surface area contributed by atoms with E-state index in [4.69, 9.17) is 0 Å². The van der Waals surface area contributed by atoms with E-state index in [0.29, 0.717) is 4.75 Å². The van der Waals surface area contributed by atoms with Crippen LogP contribution in [0.2, 0.25) is 0 Å². The van der Waals surface area contributed by atoms with E-state index in [9.17, 15) is 0 Å². The standard InChI is InChI=1S/C14H29NS2/c1-4-5-9-12-16-17-14(2,3)13-15-10-7-6-8-11-15/h4-13H2,1-3H3. The third-order valence-electron chi connectivity index (χ3n) is 3.17. The minimum atomic E-state index is 0.411. The van der Waals surface area contributed by atoms with Crippen molar-refractivity contribution in [3.8, 4) is 0 Å². The number of likely N-dealkylation sites (tertiary alicyclic amines) is 1. The van der Waals surface area contributed by atoms with Crippen molar-refractivity contribution in [3.63, 3.8) is 0 Å². The lowest BCUT2D eigenvalue weighted by Crippen LogP contribution is -2.39. The van der Waals surface area contributed by atoms with E-state index in [1.807, 2.05) is 0 Å². The molecule has 102 valence electrons. The van der Waals surface area contributed by atoms with Crippen molar-refractivity contribution in [2.75, 3.05) is 25.4 Å². The molecule has 3 heteroatoms. The summed E-state index contributed by atoms with van der Waals surface area (Å²) in [5, 5.41) is 0. The number of hydrogen-bond donors (Lipinski definition) is 0. The Hall–Kier alpha value is 0.660. The third-order valence-corrected chi connectivity index (χ3v) is 6.53. The molecule has 0 aromatic rings. The number of piperidine rings is 1. The van der Waals surface area contributed by atoms with Crippen LogP contribution in [0.1, 0.15) is 59.3 Å². The Balaban J connectivity index is 2.11. The predicted octanol–water partition coefficient (Wildman–Crippen LogP) is 4.82. The summed E-state index contributed by atoms with van der Waals surface area (Å²) >= 11 is 0. The van der Waals surface area contributed by atoms with E-state index >= 15 is 0 Å². The smallest absolute Gasteiger partial charge is 0.0334 e. The van der Waals surface area contributed by atoms with Crippen LogP contribution in [-0.2, 0) is 0 Å². The molecule has 0 aliphatic carbocycles. The summed E-state index contributed by atoms with van der Waals surface area (Å²) in [6.45, 7) is 11.0. The summed E-state index contributed by atoms with van der Waals surface area (Å²) in [6, 6.07) is 0. The van der Waals surface area contributed by atoms with Gasteiger partial charge in [0.2, 0.25) is 0 Å². The van der Waals surface area contributed by atoms with Crippen LogP contribution < -0.4 is 0 Å². The first-order valence-corrected chi connectivity index (χ1v) is 9.49. The van der Waals surface area contributed by atoms with E-state index in [1.165, 1.54) is 63.9 Å². The molecule has 1 saturated heterocycles. The fourth-order valence-corrected chi connectivity index (χ4v) is 4.97. The van der Waals surface area contributed by atoms with Crippen LogP contribution in [0, 0.1) is 0 Å². The summed E-state index contributed by atoms with van der Waals surface area (Å²) in [7, 11) is 4.18. The molecular formula is C14H29NS2. The lowest BCUT2D eigenvalue weighted by molar-refractivity contribution is 0.215. The van der Waals surface area contributed by atoms with Gasteiger partial charge in [-0.2, -0.15) is 0 Å². The van der Waals surface area contributed by atoms with Crippen molar-refractivity contribution in [3.05, 3.63) is 0 Å². The minimum absolute atomic E-state index is 0.411. The van der Waals surface area contributed by atoms with Gasteiger partial charge in [0.25, 0.3) is 0 Å². The molecule has 17 heavy (non-hydrogen) atoms. The van der Waals surface area contributed by atoms with Gasteiger partial charge in [-0.05, 0) is 46.2 Å². The second-order valence-electron chi connectivity index (χ2n) is 5.71. The van der Waals surface area contributed by atoms with Crippen molar-refractivity contribution in [2.45, 2.75) is 64.0 Å². The van der Waals surface area contributed by atoms with Crippen LogP contribution in [0.25, 0.3) is 0 Å². The molecule has 0 bridgehead atoms. The van der Waals surface area contributed by atoms with Gasteiger partial charge >= 0.3 is 0 Å². The molecule has 0 atom stereocenters. The van der Waals surface area contributed by atoms with Crippen LogP contribution >= 0.6 is 21.6 Å².